The predicted octanol–water partition coefficient (Wildman–Crippen LogP) is 3.93. The number of hydrogen-bond acceptors (Lipinski definition) is 6. The molecule has 1 aliphatic rings. The van der Waals surface area contributed by atoms with E-state index >= 15 is 0 Å². The number of hydrogen-bond donors (Lipinski definition) is 1. The van der Waals surface area contributed by atoms with Gasteiger partial charge in [0.25, 0.3) is 0 Å². The molecular formula is C17H15BrN4O2. The topological polar surface area (TPSA) is 59.5 Å². The Morgan fingerprint density at radius 3 is 2.79 bits per heavy atom. The molecule has 0 saturated carbocycles. The fraction of sp³-hybridized carbons (Fsp3) is 0.176. The lowest BCUT2D eigenvalue weighted by Gasteiger charge is -2.31. The molecule has 1 N–H and O–H groups in total. The van der Waals surface area contributed by atoms with E-state index in [1.54, 1.807) is 20.5 Å². The monoisotopic (exact) mass is 386 g/mol. The molecule has 1 aromatic heterocycles. The minimum absolute atomic E-state index is 0.569. The predicted molar refractivity (Wildman–Crippen MR) is 97.4 cm³/mol. The molecule has 1 aliphatic heterocycles. The van der Waals surface area contributed by atoms with Crippen LogP contribution in [0.15, 0.2) is 41.1 Å². The molecule has 7 heteroatoms. The van der Waals surface area contributed by atoms with Crippen LogP contribution in [0.3, 0.4) is 0 Å². The molecule has 0 fully saturated rings. The fourth-order valence-corrected chi connectivity index (χ4v) is 3.37. The summed E-state index contributed by atoms with van der Waals surface area (Å²) in [5, 5.41) is 4.33. The third-order valence-electron chi connectivity index (χ3n) is 4.04. The van der Waals surface area contributed by atoms with Crippen LogP contribution < -0.4 is 19.7 Å². The molecule has 0 spiro atoms. The Morgan fingerprint density at radius 1 is 1.17 bits per heavy atom. The summed E-state index contributed by atoms with van der Waals surface area (Å²) in [5.74, 6) is 2.15. The second-order valence-corrected chi connectivity index (χ2v) is 6.24. The summed E-state index contributed by atoms with van der Waals surface area (Å²) < 4.78 is 12.0. The quantitative estimate of drug-likeness (QED) is 0.735. The van der Waals surface area contributed by atoms with Gasteiger partial charge in [-0.3, -0.25) is 0 Å². The van der Waals surface area contributed by atoms with Crippen molar-refractivity contribution in [3.8, 4) is 11.5 Å². The molecule has 0 atom stereocenters. The Hall–Kier alpha value is -2.54. The van der Waals surface area contributed by atoms with Gasteiger partial charge in [-0.15, -0.1) is 0 Å². The average molecular weight is 387 g/mol. The highest BCUT2D eigenvalue weighted by molar-refractivity contribution is 9.10. The van der Waals surface area contributed by atoms with Gasteiger partial charge in [0, 0.05) is 16.2 Å². The Bertz CT molecular complexity index is 932. The van der Waals surface area contributed by atoms with E-state index in [1.807, 2.05) is 24.3 Å². The van der Waals surface area contributed by atoms with Crippen LogP contribution in [-0.4, -0.2) is 30.9 Å². The van der Waals surface area contributed by atoms with E-state index in [1.165, 1.54) is 0 Å². The van der Waals surface area contributed by atoms with Gasteiger partial charge < -0.3 is 19.7 Å². The van der Waals surface area contributed by atoms with Crippen molar-refractivity contribution in [2.45, 2.75) is 0 Å². The summed E-state index contributed by atoms with van der Waals surface area (Å²) in [7, 11) is 3.25. The second kappa shape index (κ2) is 5.83. The molecule has 2 aromatic carbocycles. The van der Waals surface area contributed by atoms with E-state index in [0.29, 0.717) is 18.2 Å². The van der Waals surface area contributed by atoms with E-state index < -0.39 is 0 Å². The Kier molecular flexibility index (Phi) is 3.65. The maximum absolute atomic E-state index is 5.55. The first-order valence-corrected chi connectivity index (χ1v) is 8.19. The smallest absolute Gasteiger partial charge is 0.184 e. The first-order chi connectivity index (χ1) is 11.7. The van der Waals surface area contributed by atoms with Crippen LogP contribution in [0.5, 0.6) is 11.5 Å². The van der Waals surface area contributed by atoms with Crippen molar-refractivity contribution in [3.63, 3.8) is 0 Å². The van der Waals surface area contributed by atoms with Gasteiger partial charge in [-0.05, 0) is 18.2 Å². The summed E-state index contributed by atoms with van der Waals surface area (Å²) >= 11 is 3.52. The lowest BCUT2D eigenvalue weighted by molar-refractivity contribution is 0.357. The molecule has 4 rings (SSSR count). The summed E-state index contributed by atoms with van der Waals surface area (Å²) in [4.78, 5) is 11.0. The second-order valence-electron chi connectivity index (χ2n) is 5.32. The van der Waals surface area contributed by atoms with Gasteiger partial charge >= 0.3 is 0 Å². The molecule has 0 amide bonds. The lowest BCUT2D eigenvalue weighted by atomic mass is 10.1. The summed E-state index contributed by atoms with van der Waals surface area (Å²) in [5.41, 5.74) is 2.70. The highest BCUT2D eigenvalue weighted by Crippen LogP contribution is 2.47. The molecule has 2 heterocycles. The molecule has 3 aromatic rings. The SMILES string of the molecule is COc1cc2ncnc3c2c(c1OC)NCN3c1cccc(Br)c1. The van der Waals surface area contributed by atoms with Crippen LogP contribution in [0.1, 0.15) is 0 Å². The van der Waals surface area contributed by atoms with E-state index in [-0.39, 0.29) is 0 Å². The maximum atomic E-state index is 5.55. The van der Waals surface area contributed by atoms with Crippen molar-refractivity contribution in [1.29, 1.82) is 0 Å². The van der Waals surface area contributed by atoms with Crippen molar-refractivity contribution < 1.29 is 9.47 Å². The molecule has 0 bridgehead atoms. The first-order valence-electron chi connectivity index (χ1n) is 7.39. The van der Waals surface area contributed by atoms with Gasteiger partial charge in [-0.2, -0.15) is 0 Å². The highest BCUT2D eigenvalue weighted by atomic mass is 79.9. The zero-order valence-electron chi connectivity index (χ0n) is 13.2. The summed E-state index contributed by atoms with van der Waals surface area (Å²) in [6.07, 6.45) is 1.57. The van der Waals surface area contributed by atoms with Crippen LogP contribution in [0.4, 0.5) is 17.2 Å². The molecule has 6 nitrogen and oxygen atoms in total. The Morgan fingerprint density at radius 2 is 2.04 bits per heavy atom. The number of nitrogens with zero attached hydrogens (tertiary/aromatic N) is 3. The molecule has 122 valence electrons. The Balaban J connectivity index is 1.98. The lowest BCUT2D eigenvalue weighted by Crippen LogP contribution is -2.29. The average Bonchev–Trinajstić information content (AvgIpc) is 2.61. The van der Waals surface area contributed by atoms with Gasteiger partial charge in [0.2, 0.25) is 0 Å². The number of ether oxygens (including phenoxy) is 2. The van der Waals surface area contributed by atoms with Crippen LogP contribution in [0, 0.1) is 0 Å². The van der Waals surface area contributed by atoms with Crippen LogP contribution in [0.25, 0.3) is 10.9 Å². The Labute approximate surface area is 147 Å². The van der Waals surface area contributed by atoms with Crippen molar-refractivity contribution in [2.24, 2.45) is 0 Å². The van der Waals surface area contributed by atoms with Crippen molar-refractivity contribution in [3.05, 3.63) is 41.1 Å². The number of halogens is 1. The molecule has 0 aliphatic carbocycles. The number of benzene rings is 2. The zero-order chi connectivity index (χ0) is 16.7. The maximum Gasteiger partial charge on any atom is 0.184 e. The first kappa shape index (κ1) is 15.0. The third-order valence-corrected chi connectivity index (χ3v) is 4.53. The van der Waals surface area contributed by atoms with E-state index in [2.05, 4.69) is 42.2 Å². The minimum atomic E-state index is 0.569. The minimum Gasteiger partial charge on any atom is -0.493 e. The van der Waals surface area contributed by atoms with E-state index in [0.717, 1.165) is 32.6 Å². The van der Waals surface area contributed by atoms with Crippen LogP contribution in [0.2, 0.25) is 0 Å². The van der Waals surface area contributed by atoms with Gasteiger partial charge in [-0.25, -0.2) is 9.97 Å². The normalized spacial score (nSPS) is 12.9. The van der Waals surface area contributed by atoms with Crippen molar-refractivity contribution >= 4 is 44.0 Å². The number of nitrogens with one attached hydrogen (secondary N) is 1. The van der Waals surface area contributed by atoms with Crippen molar-refractivity contribution in [2.75, 3.05) is 31.1 Å². The van der Waals surface area contributed by atoms with Crippen molar-refractivity contribution in [1.82, 2.24) is 9.97 Å². The fourth-order valence-electron chi connectivity index (χ4n) is 2.98. The molecule has 24 heavy (non-hydrogen) atoms. The highest BCUT2D eigenvalue weighted by Gasteiger charge is 2.26. The van der Waals surface area contributed by atoms with Gasteiger partial charge in [-0.1, -0.05) is 22.0 Å². The van der Waals surface area contributed by atoms with Gasteiger partial charge in [0.15, 0.2) is 11.5 Å². The largest absolute Gasteiger partial charge is 0.493 e. The summed E-state index contributed by atoms with van der Waals surface area (Å²) in [6.45, 7) is 0.569. The molecule has 0 radical (unpaired) electrons. The standard InChI is InChI=1S/C17H15BrN4O2/c1-23-13-7-12-14-15(16(13)24-2)21-9-22(17(14)20-8-19-12)11-5-3-4-10(18)6-11/h3-8,21H,9H2,1-2H3. The number of rotatable bonds is 3. The number of methoxy groups -OCH3 is 2. The molecule has 0 unspecified atom stereocenters. The van der Waals surface area contributed by atoms with Gasteiger partial charge in [0.1, 0.15) is 12.1 Å². The third kappa shape index (κ3) is 2.24. The zero-order valence-corrected chi connectivity index (χ0v) is 14.8. The van der Waals surface area contributed by atoms with E-state index in [4.69, 9.17) is 9.47 Å². The van der Waals surface area contributed by atoms with Gasteiger partial charge in [0.05, 0.1) is 37.5 Å². The summed E-state index contributed by atoms with van der Waals surface area (Å²) in [6, 6.07) is 9.97. The number of aromatic nitrogens is 2. The van der Waals surface area contributed by atoms with Crippen LogP contribution >= 0.6 is 15.9 Å². The molecular weight excluding hydrogens is 372 g/mol. The molecule has 0 saturated heterocycles. The number of anilines is 3. The van der Waals surface area contributed by atoms with Crippen LogP contribution in [-0.2, 0) is 0 Å². The van der Waals surface area contributed by atoms with E-state index in [9.17, 15) is 0 Å².